The molecule has 2 aliphatic heterocycles. The van der Waals surface area contributed by atoms with E-state index in [1.807, 2.05) is 47.0 Å². The molecule has 1 aromatic heterocycles. The van der Waals surface area contributed by atoms with Crippen molar-refractivity contribution in [3.05, 3.63) is 54.4 Å². The molecule has 26 heavy (non-hydrogen) atoms. The minimum absolute atomic E-state index is 0.00860. The molecule has 2 saturated heterocycles. The molecule has 0 radical (unpaired) electrons. The standard InChI is InChI=1S/C20H26N4O2/c1-16-14-23(15-18(26-16)17-6-3-2-4-7-17)19(25)20(8-11-21-12-9-20)24-13-5-10-22-24/h2-7,10,13,16,18,21H,8-9,11-12,14-15H2,1H3. The van der Waals surface area contributed by atoms with E-state index in [0.29, 0.717) is 13.1 Å². The summed E-state index contributed by atoms with van der Waals surface area (Å²) in [6.45, 7) is 4.90. The van der Waals surface area contributed by atoms with Crippen molar-refractivity contribution in [2.45, 2.75) is 37.5 Å². The molecule has 3 heterocycles. The monoisotopic (exact) mass is 354 g/mol. The van der Waals surface area contributed by atoms with Crippen molar-refractivity contribution in [1.29, 1.82) is 0 Å². The van der Waals surface area contributed by atoms with Crippen molar-refractivity contribution in [3.63, 3.8) is 0 Å². The summed E-state index contributed by atoms with van der Waals surface area (Å²) in [6, 6.07) is 12.1. The molecule has 6 heteroatoms. The van der Waals surface area contributed by atoms with E-state index in [1.54, 1.807) is 6.20 Å². The van der Waals surface area contributed by atoms with Crippen LogP contribution in [0.5, 0.6) is 0 Å². The highest BCUT2D eigenvalue weighted by Gasteiger charge is 2.46. The maximum atomic E-state index is 13.7. The predicted octanol–water partition coefficient (Wildman–Crippen LogP) is 1.95. The molecule has 2 fully saturated rings. The number of nitrogens with one attached hydrogen (secondary N) is 1. The van der Waals surface area contributed by atoms with Crippen molar-refractivity contribution in [2.24, 2.45) is 0 Å². The van der Waals surface area contributed by atoms with Gasteiger partial charge in [0, 0.05) is 18.9 Å². The number of carbonyl (C=O) groups excluding carboxylic acids is 1. The summed E-state index contributed by atoms with van der Waals surface area (Å²) in [5, 5.41) is 7.80. The molecule has 2 aliphatic rings. The second-order valence-corrected chi connectivity index (χ2v) is 7.29. The van der Waals surface area contributed by atoms with Crippen LogP contribution in [0.15, 0.2) is 48.8 Å². The zero-order valence-corrected chi connectivity index (χ0v) is 15.2. The van der Waals surface area contributed by atoms with Crippen LogP contribution in [0.3, 0.4) is 0 Å². The van der Waals surface area contributed by atoms with Crippen molar-refractivity contribution in [1.82, 2.24) is 20.0 Å². The number of hydrogen-bond acceptors (Lipinski definition) is 4. The maximum absolute atomic E-state index is 13.7. The van der Waals surface area contributed by atoms with Crippen LogP contribution in [0, 0.1) is 0 Å². The first-order chi connectivity index (χ1) is 12.7. The van der Waals surface area contributed by atoms with Gasteiger partial charge in [0.05, 0.1) is 12.6 Å². The highest BCUT2D eigenvalue weighted by atomic mass is 16.5. The summed E-state index contributed by atoms with van der Waals surface area (Å²) >= 11 is 0. The van der Waals surface area contributed by atoms with E-state index in [9.17, 15) is 4.79 Å². The molecule has 2 atom stereocenters. The Bertz CT molecular complexity index is 726. The lowest BCUT2D eigenvalue weighted by molar-refractivity contribution is -0.156. The lowest BCUT2D eigenvalue weighted by Crippen LogP contribution is -2.58. The number of benzene rings is 1. The van der Waals surface area contributed by atoms with Gasteiger partial charge in [0.25, 0.3) is 5.91 Å². The topological polar surface area (TPSA) is 59.4 Å². The lowest BCUT2D eigenvalue weighted by Gasteiger charge is -2.44. The van der Waals surface area contributed by atoms with E-state index in [4.69, 9.17) is 4.74 Å². The second-order valence-electron chi connectivity index (χ2n) is 7.29. The van der Waals surface area contributed by atoms with Gasteiger partial charge in [-0.2, -0.15) is 5.10 Å². The minimum Gasteiger partial charge on any atom is -0.367 e. The molecule has 6 nitrogen and oxygen atoms in total. The Kier molecular flexibility index (Phi) is 4.78. The Hall–Kier alpha value is -2.18. The summed E-state index contributed by atoms with van der Waals surface area (Å²) in [7, 11) is 0. The Labute approximate surface area is 154 Å². The van der Waals surface area contributed by atoms with Crippen molar-refractivity contribution >= 4 is 5.91 Å². The first kappa shape index (κ1) is 17.2. The summed E-state index contributed by atoms with van der Waals surface area (Å²) < 4.78 is 8.00. The SMILES string of the molecule is CC1CN(C(=O)C2(n3cccn3)CCNCC2)CC(c2ccccc2)O1. The van der Waals surface area contributed by atoms with Crippen LogP contribution < -0.4 is 5.32 Å². The number of nitrogens with zero attached hydrogens (tertiary/aromatic N) is 3. The van der Waals surface area contributed by atoms with Gasteiger partial charge in [0.2, 0.25) is 0 Å². The number of piperidine rings is 1. The zero-order valence-electron chi connectivity index (χ0n) is 15.2. The molecule has 1 aromatic carbocycles. The quantitative estimate of drug-likeness (QED) is 0.915. The third-order valence-corrected chi connectivity index (χ3v) is 5.49. The number of hydrogen-bond donors (Lipinski definition) is 1. The van der Waals surface area contributed by atoms with Gasteiger partial charge in [-0.25, -0.2) is 0 Å². The molecule has 1 amide bonds. The summed E-state index contributed by atoms with van der Waals surface area (Å²) in [5.74, 6) is 0.166. The fourth-order valence-corrected chi connectivity index (χ4v) is 4.17. The van der Waals surface area contributed by atoms with Gasteiger partial charge in [-0.05, 0) is 44.5 Å². The van der Waals surface area contributed by atoms with E-state index in [0.717, 1.165) is 31.5 Å². The van der Waals surface area contributed by atoms with E-state index in [1.165, 1.54) is 0 Å². The summed E-state index contributed by atoms with van der Waals surface area (Å²) in [4.78, 5) is 15.7. The number of rotatable bonds is 3. The van der Waals surface area contributed by atoms with Crippen LogP contribution in [0.4, 0.5) is 0 Å². The number of aromatic nitrogens is 2. The van der Waals surface area contributed by atoms with Crippen LogP contribution in [-0.2, 0) is 15.1 Å². The lowest BCUT2D eigenvalue weighted by atomic mass is 9.86. The molecule has 2 unspecified atom stereocenters. The van der Waals surface area contributed by atoms with Crippen LogP contribution in [0.25, 0.3) is 0 Å². The third kappa shape index (κ3) is 3.15. The number of ether oxygens (including phenoxy) is 1. The Balaban J connectivity index is 1.61. The first-order valence-corrected chi connectivity index (χ1v) is 9.40. The third-order valence-electron chi connectivity index (χ3n) is 5.49. The Morgan fingerprint density at radius 3 is 2.65 bits per heavy atom. The van der Waals surface area contributed by atoms with Crippen LogP contribution in [0.2, 0.25) is 0 Å². The van der Waals surface area contributed by atoms with Gasteiger partial charge >= 0.3 is 0 Å². The molecule has 1 N–H and O–H groups in total. The Morgan fingerprint density at radius 2 is 1.96 bits per heavy atom. The van der Waals surface area contributed by atoms with Gasteiger partial charge in [-0.15, -0.1) is 0 Å². The van der Waals surface area contributed by atoms with Gasteiger partial charge < -0.3 is 15.0 Å². The van der Waals surface area contributed by atoms with Gasteiger partial charge in [-0.3, -0.25) is 9.48 Å². The average molecular weight is 354 g/mol. The highest BCUT2D eigenvalue weighted by molar-refractivity contribution is 5.85. The fraction of sp³-hybridized carbons (Fsp3) is 0.500. The molecular formula is C20H26N4O2. The molecule has 0 aliphatic carbocycles. The van der Waals surface area contributed by atoms with Crippen molar-refractivity contribution < 1.29 is 9.53 Å². The smallest absolute Gasteiger partial charge is 0.250 e. The van der Waals surface area contributed by atoms with Gasteiger partial charge in [0.15, 0.2) is 0 Å². The van der Waals surface area contributed by atoms with Gasteiger partial charge in [0.1, 0.15) is 11.6 Å². The van der Waals surface area contributed by atoms with Gasteiger partial charge in [-0.1, -0.05) is 30.3 Å². The first-order valence-electron chi connectivity index (χ1n) is 9.40. The van der Waals surface area contributed by atoms with Crippen molar-refractivity contribution in [3.8, 4) is 0 Å². The molecular weight excluding hydrogens is 328 g/mol. The summed E-state index contributed by atoms with van der Waals surface area (Å²) in [6.07, 6.45) is 5.12. The van der Waals surface area contributed by atoms with Crippen molar-refractivity contribution in [2.75, 3.05) is 26.2 Å². The Morgan fingerprint density at radius 1 is 1.19 bits per heavy atom. The number of morpholine rings is 1. The van der Waals surface area contributed by atoms with Crippen LogP contribution in [-0.4, -0.2) is 52.9 Å². The zero-order chi connectivity index (χ0) is 18.0. The number of carbonyl (C=O) groups is 1. The molecule has 4 rings (SSSR count). The van der Waals surface area contributed by atoms with Crippen LogP contribution >= 0.6 is 0 Å². The number of amides is 1. The molecule has 0 spiro atoms. The van der Waals surface area contributed by atoms with E-state index in [-0.39, 0.29) is 18.1 Å². The predicted molar refractivity (Wildman–Crippen MR) is 98.6 cm³/mol. The second kappa shape index (κ2) is 7.21. The molecule has 2 aromatic rings. The maximum Gasteiger partial charge on any atom is 0.250 e. The largest absolute Gasteiger partial charge is 0.367 e. The fourth-order valence-electron chi connectivity index (χ4n) is 4.17. The minimum atomic E-state index is -0.590. The van der Waals surface area contributed by atoms with E-state index in [2.05, 4.69) is 22.5 Å². The molecule has 0 bridgehead atoms. The normalized spacial score (nSPS) is 25.8. The van der Waals surface area contributed by atoms with Crippen LogP contribution in [0.1, 0.15) is 31.4 Å². The molecule has 138 valence electrons. The highest BCUT2D eigenvalue weighted by Crippen LogP contribution is 2.33. The van der Waals surface area contributed by atoms with E-state index < -0.39 is 5.54 Å². The van der Waals surface area contributed by atoms with E-state index >= 15 is 0 Å². The average Bonchev–Trinajstić information content (AvgIpc) is 3.23. The summed E-state index contributed by atoms with van der Waals surface area (Å²) in [5.41, 5.74) is 0.530. The molecule has 0 saturated carbocycles.